The SMILES string of the molecule is Cc1ccc(-c2ccc3ccccc3c2)cc1.N=C(N)c1ccccc1.NCc1ccc2sc3ccccc3c2c1. The lowest BCUT2D eigenvalue weighted by atomic mass is 10.0. The highest BCUT2D eigenvalue weighted by Crippen LogP contribution is 2.34. The Morgan fingerprint density at radius 3 is 1.95 bits per heavy atom. The summed E-state index contributed by atoms with van der Waals surface area (Å²) in [6.07, 6.45) is 0. The molecule has 0 radical (unpaired) electrons. The summed E-state index contributed by atoms with van der Waals surface area (Å²) in [4.78, 5) is 0. The number of amidine groups is 1. The van der Waals surface area contributed by atoms with E-state index in [9.17, 15) is 0 Å². The van der Waals surface area contributed by atoms with Crippen molar-refractivity contribution in [2.24, 2.45) is 11.5 Å². The maximum absolute atomic E-state index is 7.01. The van der Waals surface area contributed by atoms with Crippen LogP contribution in [0.4, 0.5) is 0 Å². The van der Waals surface area contributed by atoms with Gasteiger partial charge in [-0.2, -0.15) is 0 Å². The molecule has 7 aromatic rings. The summed E-state index contributed by atoms with van der Waals surface area (Å²) in [5.41, 5.74) is 16.7. The highest BCUT2D eigenvalue weighted by Gasteiger charge is 2.04. The van der Waals surface area contributed by atoms with Crippen LogP contribution in [0.2, 0.25) is 0 Å². The molecule has 0 spiro atoms. The fourth-order valence-electron chi connectivity index (χ4n) is 4.63. The number of nitrogen functional groups attached to an aromatic ring is 1. The van der Waals surface area contributed by atoms with Crippen LogP contribution >= 0.6 is 11.3 Å². The van der Waals surface area contributed by atoms with Crippen LogP contribution in [-0.4, -0.2) is 5.84 Å². The van der Waals surface area contributed by atoms with Gasteiger partial charge in [0.05, 0.1) is 0 Å². The van der Waals surface area contributed by atoms with Gasteiger partial charge in [0, 0.05) is 32.3 Å². The maximum Gasteiger partial charge on any atom is 0.122 e. The van der Waals surface area contributed by atoms with Gasteiger partial charge in [0.2, 0.25) is 0 Å². The van der Waals surface area contributed by atoms with E-state index in [0.29, 0.717) is 6.54 Å². The molecule has 0 unspecified atom stereocenters. The van der Waals surface area contributed by atoms with Crippen molar-refractivity contribution in [2.45, 2.75) is 13.5 Å². The maximum atomic E-state index is 7.01. The number of hydrogen-bond acceptors (Lipinski definition) is 3. The van der Waals surface area contributed by atoms with Gasteiger partial charge in [0.15, 0.2) is 0 Å². The molecule has 5 N–H and O–H groups in total. The Bertz CT molecular complexity index is 1900. The van der Waals surface area contributed by atoms with Crippen molar-refractivity contribution in [3.05, 3.63) is 156 Å². The molecule has 0 saturated heterocycles. The summed E-state index contributed by atoms with van der Waals surface area (Å²) < 4.78 is 2.69. The summed E-state index contributed by atoms with van der Waals surface area (Å²) in [6, 6.07) is 48.0. The summed E-state index contributed by atoms with van der Waals surface area (Å²) in [5.74, 6) is 0.121. The number of nitrogens with one attached hydrogen (secondary N) is 1. The Hall–Kier alpha value is -4.77. The summed E-state index contributed by atoms with van der Waals surface area (Å²) in [6.45, 7) is 2.73. The molecule has 3 nitrogen and oxygen atoms in total. The topological polar surface area (TPSA) is 75.9 Å². The van der Waals surface area contributed by atoms with E-state index in [-0.39, 0.29) is 5.84 Å². The molecule has 0 aliphatic heterocycles. The Balaban J connectivity index is 0.000000130. The zero-order chi connectivity index (χ0) is 28.6. The highest BCUT2D eigenvalue weighted by molar-refractivity contribution is 7.25. The lowest BCUT2D eigenvalue weighted by Gasteiger charge is -2.04. The second-order valence-corrected chi connectivity index (χ2v) is 10.9. The number of fused-ring (bicyclic) bond motifs is 4. The monoisotopic (exact) mass is 551 g/mol. The molecule has 0 saturated carbocycles. The van der Waals surface area contributed by atoms with E-state index in [1.807, 2.05) is 41.7 Å². The molecule has 4 heteroatoms. The predicted octanol–water partition coefficient (Wildman–Crippen LogP) is 9.30. The molecule has 1 aromatic heterocycles. The molecular formula is C37H33N3S. The molecule has 0 aliphatic rings. The van der Waals surface area contributed by atoms with Crippen LogP contribution in [-0.2, 0) is 6.54 Å². The zero-order valence-electron chi connectivity index (χ0n) is 23.0. The quantitative estimate of drug-likeness (QED) is 0.151. The zero-order valence-corrected chi connectivity index (χ0v) is 23.9. The first-order valence-electron chi connectivity index (χ1n) is 13.6. The number of hydrogen-bond donors (Lipinski definition) is 3. The number of benzene rings is 6. The van der Waals surface area contributed by atoms with Crippen LogP contribution < -0.4 is 11.5 Å². The minimum absolute atomic E-state index is 0.121. The fourth-order valence-corrected chi connectivity index (χ4v) is 5.72. The van der Waals surface area contributed by atoms with Crippen molar-refractivity contribution in [2.75, 3.05) is 0 Å². The van der Waals surface area contributed by atoms with Crippen LogP contribution in [0.25, 0.3) is 42.1 Å². The molecule has 1 heterocycles. The van der Waals surface area contributed by atoms with Gasteiger partial charge in [0.1, 0.15) is 5.84 Å². The van der Waals surface area contributed by atoms with Gasteiger partial charge in [0.25, 0.3) is 0 Å². The average molecular weight is 552 g/mol. The summed E-state index contributed by atoms with van der Waals surface area (Å²) in [5, 5.41) is 12.3. The average Bonchev–Trinajstić information content (AvgIpc) is 3.40. The van der Waals surface area contributed by atoms with Gasteiger partial charge in [-0.25, -0.2) is 0 Å². The van der Waals surface area contributed by atoms with E-state index in [4.69, 9.17) is 16.9 Å². The van der Waals surface area contributed by atoms with Crippen molar-refractivity contribution in [3.8, 4) is 11.1 Å². The summed E-state index contributed by atoms with van der Waals surface area (Å²) >= 11 is 1.84. The third-order valence-corrected chi connectivity index (χ3v) is 8.05. The van der Waals surface area contributed by atoms with Crippen molar-refractivity contribution >= 4 is 48.1 Å². The van der Waals surface area contributed by atoms with Gasteiger partial charge < -0.3 is 11.5 Å². The molecule has 202 valence electrons. The van der Waals surface area contributed by atoms with Gasteiger partial charge in [-0.3, -0.25) is 5.41 Å². The van der Waals surface area contributed by atoms with E-state index < -0.39 is 0 Å². The minimum atomic E-state index is 0.121. The number of nitrogens with two attached hydrogens (primary N) is 2. The third kappa shape index (κ3) is 6.87. The second-order valence-electron chi connectivity index (χ2n) is 9.84. The molecule has 41 heavy (non-hydrogen) atoms. The van der Waals surface area contributed by atoms with E-state index in [2.05, 4.69) is 116 Å². The molecule has 6 aromatic carbocycles. The first-order valence-corrected chi connectivity index (χ1v) is 14.4. The lowest BCUT2D eigenvalue weighted by Crippen LogP contribution is -2.10. The van der Waals surface area contributed by atoms with E-state index in [0.717, 1.165) is 5.56 Å². The van der Waals surface area contributed by atoms with Crippen molar-refractivity contribution in [3.63, 3.8) is 0 Å². The normalized spacial score (nSPS) is 10.5. The molecule has 0 fully saturated rings. The minimum Gasteiger partial charge on any atom is -0.384 e. The molecule has 0 atom stereocenters. The Morgan fingerprint density at radius 2 is 1.24 bits per heavy atom. The smallest absolute Gasteiger partial charge is 0.122 e. The van der Waals surface area contributed by atoms with Crippen LogP contribution in [0.15, 0.2) is 140 Å². The molecule has 0 amide bonds. The third-order valence-electron chi connectivity index (χ3n) is 6.90. The Labute approximate surface area is 245 Å². The fraction of sp³-hybridized carbons (Fsp3) is 0.0541. The predicted molar refractivity (Wildman–Crippen MR) is 179 cm³/mol. The number of thiophene rings is 1. The first-order chi connectivity index (χ1) is 20.0. The standard InChI is InChI=1S/C17H14.C13H11NS.C7H8N2/c1-13-6-8-15(9-7-13)17-11-10-14-4-2-3-5-16(14)12-17;14-8-9-5-6-13-11(7-9)10-3-1-2-4-12(10)15-13;8-7(9)6-4-2-1-3-5-6/h2-12H,1H3;1-7H,8,14H2;1-5H,(H3,8,9). The molecule has 0 aliphatic carbocycles. The van der Waals surface area contributed by atoms with Crippen LogP contribution in [0.1, 0.15) is 16.7 Å². The van der Waals surface area contributed by atoms with Crippen LogP contribution in [0, 0.1) is 12.3 Å². The van der Waals surface area contributed by atoms with E-state index in [1.54, 1.807) is 0 Å². The largest absolute Gasteiger partial charge is 0.384 e. The van der Waals surface area contributed by atoms with Crippen molar-refractivity contribution < 1.29 is 0 Å². The molecule has 0 bridgehead atoms. The number of aryl methyl sites for hydroxylation is 1. The van der Waals surface area contributed by atoms with Gasteiger partial charge in [-0.05, 0) is 58.7 Å². The highest BCUT2D eigenvalue weighted by atomic mass is 32.1. The number of rotatable bonds is 3. The first kappa shape index (κ1) is 27.8. The van der Waals surface area contributed by atoms with Crippen molar-refractivity contribution in [1.29, 1.82) is 5.41 Å². The van der Waals surface area contributed by atoms with Crippen LogP contribution in [0.5, 0.6) is 0 Å². The van der Waals surface area contributed by atoms with Gasteiger partial charge in [-0.15, -0.1) is 11.3 Å². The van der Waals surface area contributed by atoms with E-state index in [1.165, 1.54) is 53.2 Å². The van der Waals surface area contributed by atoms with Crippen LogP contribution in [0.3, 0.4) is 0 Å². The van der Waals surface area contributed by atoms with E-state index >= 15 is 0 Å². The second kappa shape index (κ2) is 13.1. The Morgan fingerprint density at radius 1 is 0.610 bits per heavy atom. The van der Waals surface area contributed by atoms with Gasteiger partial charge in [-0.1, -0.05) is 121 Å². The molecular weight excluding hydrogens is 518 g/mol. The van der Waals surface area contributed by atoms with Gasteiger partial charge >= 0.3 is 0 Å². The van der Waals surface area contributed by atoms with Crippen molar-refractivity contribution in [1.82, 2.24) is 0 Å². The molecule has 7 rings (SSSR count). The lowest BCUT2D eigenvalue weighted by molar-refractivity contribution is 1.08. The summed E-state index contributed by atoms with van der Waals surface area (Å²) in [7, 11) is 0. The Kier molecular flexibility index (Phi) is 8.85.